The third-order valence-corrected chi connectivity index (χ3v) is 10.8. The minimum atomic E-state index is -0.963. The molecule has 2 aromatic carbocycles. The minimum Gasteiger partial charge on any atom is -0.494 e. The molecule has 66 heavy (non-hydrogen) atoms. The van der Waals surface area contributed by atoms with Crippen molar-refractivity contribution in [3.05, 3.63) is 83.0 Å². The van der Waals surface area contributed by atoms with Crippen LogP contribution in [-0.4, -0.2) is 98.6 Å². The summed E-state index contributed by atoms with van der Waals surface area (Å²) in [7, 11) is 1.46. The van der Waals surface area contributed by atoms with Crippen molar-refractivity contribution >= 4 is 68.5 Å². The number of aryl methyl sites for hydroxylation is 4. The Hall–Kier alpha value is -8.10. The number of primary amides is 2. The van der Waals surface area contributed by atoms with Crippen molar-refractivity contribution in [3.63, 3.8) is 0 Å². The number of hydrogen-bond donors (Lipinski definition) is 5. The number of aliphatic carboxylic acids is 1. The summed E-state index contributed by atoms with van der Waals surface area (Å²) in [5.74, 6) is -1.73. The van der Waals surface area contributed by atoms with Gasteiger partial charge in [-0.15, -0.1) is 0 Å². The lowest BCUT2D eigenvalue weighted by molar-refractivity contribution is -0.137. The molecule has 0 bridgehead atoms. The number of ether oxygens (including phenoxy) is 2. The van der Waals surface area contributed by atoms with Gasteiger partial charge in [-0.05, 0) is 76.9 Å². The number of carbonyl (C=O) groups excluding carboxylic acids is 4. The zero-order chi connectivity index (χ0) is 47.2. The largest absolute Gasteiger partial charge is 0.494 e. The molecule has 0 atom stereocenters. The molecular formula is C45H51N13O8. The number of benzene rings is 2. The Morgan fingerprint density at radius 3 is 2.17 bits per heavy atom. The summed E-state index contributed by atoms with van der Waals surface area (Å²) in [5, 5.41) is 24.9. The Balaban J connectivity index is 1.27. The van der Waals surface area contributed by atoms with Crippen LogP contribution in [0.1, 0.15) is 82.1 Å². The van der Waals surface area contributed by atoms with Gasteiger partial charge in [-0.1, -0.05) is 12.2 Å². The fourth-order valence-electron chi connectivity index (χ4n) is 7.75. The summed E-state index contributed by atoms with van der Waals surface area (Å²) in [6.45, 7) is 9.43. The number of carbonyl (C=O) groups is 5. The van der Waals surface area contributed by atoms with Crippen LogP contribution >= 0.6 is 0 Å². The van der Waals surface area contributed by atoms with Gasteiger partial charge in [0.15, 0.2) is 5.82 Å². The monoisotopic (exact) mass is 901 g/mol. The van der Waals surface area contributed by atoms with Crippen LogP contribution in [0, 0.1) is 13.8 Å². The third-order valence-electron chi connectivity index (χ3n) is 10.8. The Bertz CT molecular complexity index is 3050. The lowest BCUT2D eigenvalue weighted by Crippen LogP contribution is -2.25. The number of amides is 4. The molecule has 344 valence electrons. The van der Waals surface area contributed by atoms with E-state index in [1.807, 2.05) is 48.2 Å². The number of hydrogen-bond acceptors (Lipinski definition) is 12. The van der Waals surface area contributed by atoms with E-state index in [9.17, 15) is 24.0 Å². The number of carboxylic acid groups (broad SMARTS) is 1. The highest BCUT2D eigenvalue weighted by atomic mass is 16.5. The first-order chi connectivity index (χ1) is 31.7. The number of nitrogens with two attached hydrogens (primary N) is 2. The van der Waals surface area contributed by atoms with Crippen LogP contribution < -0.4 is 31.6 Å². The van der Waals surface area contributed by atoms with E-state index in [2.05, 4.69) is 20.8 Å². The second kappa shape index (κ2) is 19.7. The molecular weight excluding hydrogens is 851 g/mol. The first kappa shape index (κ1) is 45.9. The molecule has 7 N–H and O–H groups in total. The van der Waals surface area contributed by atoms with E-state index in [4.69, 9.17) is 41.0 Å². The number of nitrogens with zero attached hydrogens (tertiary/aromatic N) is 9. The Labute approximate surface area is 377 Å². The second-order valence-corrected chi connectivity index (χ2v) is 15.4. The molecule has 0 saturated heterocycles. The fourth-order valence-corrected chi connectivity index (χ4v) is 7.75. The number of fused-ring (bicyclic) bond motifs is 4. The predicted octanol–water partition coefficient (Wildman–Crippen LogP) is 4.51. The number of nitrogens with one attached hydrogen (secondary N) is 2. The normalized spacial score (nSPS) is 11.5. The zero-order valence-corrected chi connectivity index (χ0v) is 37.3. The van der Waals surface area contributed by atoms with Gasteiger partial charge in [0.1, 0.15) is 34.1 Å². The molecule has 0 aliphatic carbocycles. The van der Waals surface area contributed by atoms with Gasteiger partial charge in [-0.2, -0.15) is 10.2 Å². The molecule has 5 heterocycles. The number of anilines is 1. The van der Waals surface area contributed by atoms with Gasteiger partial charge in [0.2, 0.25) is 23.7 Å². The molecule has 0 aliphatic heterocycles. The molecule has 0 spiro atoms. The summed E-state index contributed by atoms with van der Waals surface area (Å²) >= 11 is 0. The molecule has 21 heteroatoms. The molecule has 21 nitrogen and oxygen atoms in total. The van der Waals surface area contributed by atoms with E-state index in [0.717, 1.165) is 11.4 Å². The summed E-state index contributed by atoms with van der Waals surface area (Å²) < 4.78 is 19.2. The molecule has 0 fully saturated rings. The molecule has 0 saturated carbocycles. The fraction of sp³-hybridized carbons (Fsp3) is 0.333. The van der Waals surface area contributed by atoms with E-state index in [1.54, 1.807) is 40.6 Å². The lowest BCUT2D eigenvalue weighted by Gasteiger charge is -2.13. The van der Waals surface area contributed by atoms with Crippen molar-refractivity contribution in [1.82, 2.24) is 49.0 Å². The quantitative estimate of drug-likeness (QED) is 0.0491. The van der Waals surface area contributed by atoms with Gasteiger partial charge in [0.05, 0.1) is 36.1 Å². The van der Waals surface area contributed by atoms with Gasteiger partial charge in [0.25, 0.3) is 5.91 Å². The van der Waals surface area contributed by atoms with E-state index in [0.29, 0.717) is 81.2 Å². The molecule has 5 aromatic heterocycles. The van der Waals surface area contributed by atoms with Crippen LogP contribution in [0.5, 0.6) is 11.5 Å². The van der Waals surface area contributed by atoms with E-state index in [-0.39, 0.29) is 68.5 Å². The molecule has 0 unspecified atom stereocenters. The van der Waals surface area contributed by atoms with Crippen LogP contribution in [-0.2, 0) is 35.8 Å². The highest BCUT2D eigenvalue weighted by Gasteiger charge is 2.23. The summed E-state index contributed by atoms with van der Waals surface area (Å²) in [4.78, 5) is 76.4. The van der Waals surface area contributed by atoms with Crippen molar-refractivity contribution in [2.24, 2.45) is 11.5 Å². The summed E-state index contributed by atoms with van der Waals surface area (Å²) in [6, 6.07) is 9.91. The van der Waals surface area contributed by atoms with Crippen LogP contribution in [0.3, 0.4) is 0 Å². The minimum absolute atomic E-state index is 0.0889. The standard InChI is InChI=1S/C45H51N13O8/c1-6-57-32(18-25(3)53-57)42-49-24-30-29-20-27(40(46)62)23-35(66-17-11-14-48-36(59)12-10-13-37(60)61)38(29)55(43(30)51-42)15-8-9-16-56-39-31(21-28(41(47)63)22-34(39)65-5)50-45(56)52-44(64)33-19-26(4)54-58(33)7-2/h8-9,18-24H,6-7,10-17H2,1-5H3,(H2,46,62)(H2,47,63)(H,48,59)(H,60,61)(H,50,52,64). The van der Waals surface area contributed by atoms with Crippen LogP contribution in [0.4, 0.5) is 5.95 Å². The molecule has 4 amide bonds. The topological polar surface area (TPSA) is 284 Å². The summed E-state index contributed by atoms with van der Waals surface area (Å²) in [6.07, 6.45) is 6.11. The molecule has 7 aromatic rings. The zero-order valence-electron chi connectivity index (χ0n) is 37.3. The number of carboxylic acids is 1. The highest BCUT2D eigenvalue weighted by Crippen LogP contribution is 2.37. The Morgan fingerprint density at radius 1 is 0.788 bits per heavy atom. The average Bonchev–Trinajstić information content (AvgIpc) is 4.05. The third kappa shape index (κ3) is 9.68. The van der Waals surface area contributed by atoms with Crippen LogP contribution in [0.2, 0.25) is 0 Å². The Kier molecular flexibility index (Phi) is 13.7. The van der Waals surface area contributed by atoms with Crippen molar-refractivity contribution in [2.45, 2.75) is 79.6 Å². The van der Waals surface area contributed by atoms with Gasteiger partial charge in [-0.25, -0.2) is 15.0 Å². The average molecular weight is 902 g/mol. The number of rotatable bonds is 21. The number of aromatic nitrogens is 9. The van der Waals surface area contributed by atoms with Gasteiger partial charge >= 0.3 is 5.97 Å². The van der Waals surface area contributed by atoms with Crippen LogP contribution in [0.15, 0.2) is 54.7 Å². The van der Waals surface area contributed by atoms with Gasteiger partial charge in [-0.3, -0.25) is 38.7 Å². The maximum absolute atomic E-state index is 13.7. The molecule has 7 rings (SSSR count). The highest BCUT2D eigenvalue weighted by molar-refractivity contribution is 6.12. The SMILES string of the molecule is CCn1nc(C)cc1C(=O)Nc1nc2cc(C(N)=O)cc(OC)c2n1CC=CCn1c2nc(-c3cc(C)nn3CC)ncc2c2cc(C(N)=O)cc(OCCCNC(=O)CCCC(=O)O)c21. The first-order valence-corrected chi connectivity index (χ1v) is 21.4. The van der Waals surface area contributed by atoms with Crippen molar-refractivity contribution in [2.75, 3.05) is 25.6 Å². The van der Waals surface area contributed by atoms with Crippen molar-refractivity contribution in [3.8, 4) is 23.0 Å². The van der Waals surface area contributed by atoms with Crippen molar-refractivity contribution in [1.29, 1.82) is 0 Å². The first-order valence-electron chi connectivity index (χ1n) is 21.4. The Morgan fingerprint density at radius 2 is 1.47 bits per heavy atom. The van der Waals surface area contributed by atoms with Crippen molar-refractivity contribution < 1.29 is 38.6 Å². The number of methoxy groups -OCH3 is 1. The second-order valence-electron chi connectivity index (χ2n) is 15.4. The molecule has 0 radical (unpaired) electrons. The lowest BCUT2D eigenvalue weighted by atomic mass is 10.1. The van der Waals surface area contributed by atoms with Crippen LogP contribution in [0.25, 0.3) is 44.5 Å². The number of allylic oxidation sites excluding steroid dienone is 2. The molecule has 0 aliphatic rings. The summed E-state index contributed by atoms with van der Waals surface area (Å²) in [5.41, 5.74) is 16.4. The smallest absolute Gasteiger partial charge is 0.303 e. The van der Waals surface area contributed by atoms with E-state index >= 15 is 0 Å². The van der Waals surface area contributed by atoms with E-state index in [1.165, 1.54) is 19.2 Å². The maximum Gasteiger partial charge on any atom is 0.303 e. The van der Waals surface area contributed by atoms with Gasteiger partial charge in [0, 0.05) is 73.7 Å². The number of imidazole rings is 1. The van der Waals surface area contributed by atoms with E-state index < -0.39 is 23.7 Å². The van der Waals surface area contributed by atoms with Gasteiger partial charge < -0.3 is 40.5 Å². The maximum atomic E-state index is 13.7. The predicted molar refractivity (Wildman–Crippen MR) is 244 cm³/mol.